The molecule has 130 valence electrons. The summed E-state index contributed by atoms with van der Waals surface area (Å²) in [7, 11) is 0. The van der Waals surface area contributed by atoms with Crippen LogP contribution in [0.4, 0.5) is 11.4 Å². The summed E-state index contributed by atoms with van der Waals surface area (Å²) < 4.78 is 4.97. The summed E-state index contributed by atoms with van der Waals surface area (Å²) >= 11 is 0. The second kappa shape index (κ2) is 8.60. The molecule has 1 heterocycles. The molecule has 2 aromatic rings. The highest BCUT2D eigenvalue weighted by Gasteiger charge is 2.12. The van der Waals surface area contributed by atoms with Gasteiger partial charge in [0, 0.05) is 17.7 Å². The third kappa shape index (κ3) is 5.74. The zero-order valence-electron chi connectivity index (χ0n) is 13.8. The Labute approximate surface area is 145 Å². The molecule has 0 aromatic heterocycles. The molecule has 1 atom stereocenters. The van der Waals surface area contributed by atoms with Crippen molar-refractivity contribution in [2.45, 2.75) is 19.6 Å². The van der Waals surface area contributed by atoms with Crippen LogP contribution in [0.5, 0.6) is 5.75 Å². The number of aliphatic hydroxyl groups excluding tert-OH is 1. The molecule has 0 bridgehead atoms. The Morgan fingerprint density at radius 3 is 2.44 bits per heavy atom. The fourth-order valence-corrected chi connectivity index (χ4v) is 2.07. The number of ether oxygens (including phenoxy) is 1. The van der Waals surface area contributed by atoms with Gasteiger partial charge in [0.1, 0.15) is 5.75 Å². The number of anilines is 2. The highest BCUT2D eigenvalue weighted by molar-refractivity contribution is 5.95. The molecule has 0 fully saturated rings. The first-order valence-corrected chi connectivity index (χ1v) is 7.63. The zero-order chi connectivity index (χ0) is 18.2. The van der Waals surface area contributed by atoms with Gasteiger partial charge in [0.15, 0.2) is 6.29 Å². The van der Waals surface area contributed by atoms with Crippen molar-refractivity contribution in [2.75, 3.05) is 11.5 Å². The summed E-state index contributed by atoms with van der Waals surface area (Å²) in [6, 6.07) is 14.7. The van der Waals surface area contributed by atoms with E-state index >= 15 is 0 Å². The lowest BCUT2D eigenvalue weighted by molar-refractivity contribution is -0.114. The van der Waals surface area contributed by atoms with Crippen molar-refractivity contribution in [2.24, 2.45) is 10.2 Å². The Kier molecular flexibility index (Phi) is 6.25. The van der Waals surface area contributed by atoms with Gasteiger partial charge in [0.2, 0.25) is 0 Å². The molecule has 2 aromatic carbocycles. The SMILES string of the molecule is CC(O)Oc1ccc(N)cc1N.O=C1N=NC=C1Cc1ccccc1. The molecule has 0 aliphatic carbocycles. The minimum absolute atomic E-state index is 0.219. The fraction of sp³-hybridized carbons (Fsp3) is 0.167. The maximum absolute atomic E-state index is 11.0. The first-order chi connectivity index (χ1) is 12.0. The topological polar surface area (TPSA) is 123 Å². The molecule has 0 saturated heterocycles. The van der Waals surface area contributed by atoms with Gasteiger partial charge < -0.3 is 21.3 Å². The van der Waals surface area contributed by atoms with Gasteiger partial charge in [-0.3, -0.25) is 4.79 Å². The van der Waals surface area contributed by atoms with Crippen LogP contribution in [0, 0.1) is 0 Å². The lowest BCUT2D eigenvalue weighted by Gasteiger charge is -2.10. The number of azo groups is 1. The second-order valence-corrected chi connectivity index (χ2v) is 5.35. The largest absolute Gasteiger partial charge is 0.463 e. The molecule has 0 spiro atoms. The highest BCUT2D eigenvalue weighted by Crippen LogP contribution is 2.24. The number of nitrogen functional groups attached to an aromatic ring is 2. The van der Waals surface area contributed by atoms with Crippen LogP contribution in [0.25, 0.3) is 0 Å². The molecule has 5 N–H and O–H groups in total. The highest BCUT2D eigenvalue weighted by atomic mass is 16.6. The van der Waals surface area contributed by atoms with Crippen LogP contribution < -0.4 is 16.2 Å². The smallest absolute Gasteiger partial charge is 0.293 e. The zero-order valence-corrected chi connectivity index (χ0v) is 13.8. The van der Waals surface area contributed by atoms with E-state index in [2.05, 4.69) is 10.2 Å². The molecule has 1 aliphatic heterocycles. The number of carbonyl (C=O) groups is 1. The average Bonchev–Trinajstić information content (AvgIpc) is 2.97. The molecule has 1 unspecified atom stereocenters. The normalized spacial score (nSPS) is 13.7. The third-order valence-electron chi connectivity index (χ3n) is 3.21. The molecule has 7 heteroatoms. The van der Waals surface area contributed by atoms with Gasteiger partial charge >= 0.3 is 0 Å². The van der Waals surface area contributed by atoms with E-state index in [1.807, 2.05) is 30.3 Å². The van der Waals surface area contributed by atoms with Crippen molar-refractivity contribution in [3.8, 4) is 5.75 Å². The first-order valence-electron chi connectivity index (χ1n) is 7.63. The van der Waals surface area contributed by atoms with E-state index in [0.29, 0.717) is 29.1 Å². The Bertz CT molecular complexity index is 786. The van der Waals surface area contributed by atoms with Crippen molar-refractivity contribution < 1.29 is 14.6 Å². The monoisotopic (exact) mass is 340 g/mol. The average molecular weight is 340 g/mol. The first kappa shape index (κ1) is 18.2. The molecule has 0 saturated carbocycles. The Morgan fingerprint density at radius 1 is 1.16 bits per heavy atom. The molecular weight excluding hydrogens is 320 g/mol. The summed E-state index contributed by atoms with van der Waals surface area (Å²) in [5, 5.41) is 15.9. The van der Waals surface area contributed by atoms with Gasteiger partial charge in [-0.25, -0.2) is 0 Å². The number of hydrogen-bond donors (Lipinski definition) is 3. The van der Waals surface area contributed by atoms with Gasteiger partial charge in [-0.15, -0.1) is 5.11 Å². The van der Waals surface area contributed by atoms with Crippen molar-refractivity contribution >= 4 is 17.3 Å². The summed E-state index contributed by atoms with van der Waals surface area (Å²) in [5.41, 5.74) is 13.8. The number of aliphatic hydroxyl groups is 1. The van der Waals surface area contributed by atoms with E-state index in [0.717, 1.165) is 5.56 Å². The Hall–Kier alpha value is -3.19. The maximum atomic E-state index is 11.0. The molecule has 1 aliphatic rings. The van der Waals surface area contributed by atoms with Crippen LogP contribution in [0.2, 0.25) is 0 Å². The standard InChI is InChI=1S/C10H8N2O.C8H12N2O2/c13-10-9(7-11-12-10)6-8-4-2-1-3-5-8;1-5(11)12-8-3-2-6(9)4-7(8)10/h1-5,7H,6H2;2-5,11H,9-10H2,1H3. The molecule has 1 amide bonds. The molecule has 0 radical (unpaired) electrons. The number of hydrogen-bond acceptors (Lipinski definition) is 6. The van der Waals surface area contributed by atoms with Gasteiger partial charge in [0.05, 0.1) is 11.9 Å². The number of rotatable bonds is 4. The van der Waals surface area contributed by atoms with Crippen LogP contribution >= 0.6 is 0 Å². The van der Waals surface area contributed by atoms with Crippen molar-refractivity contribution in [1.29, 1.82) is 0 Å². The van der Waals surface area contributed by atoms with Crippen LogP contribution in [0.1, 0.15) is 12.5 Å². The van der Waals surface area contributed by atoms with Gasteiger partial charge in [-0.05, 0) is 30.7 Å². The fourth-order valence-electron chi connectivity index (χ4n) is 2.07. The molecular formula is C18H20N4O3. The van der Waals surface area contributed by atoms with Crippen LogP contribution in [-0.4, -0.2) is 17.3 Å². The van der Waals surface area contributed by atoms with E-state index in [4.69, 9.17) is 21.3 Å². The predicted octanol–water partition coefficient (Wildman–Crippen LogP) is 2.67. The van der Waals surface area contributed by atoms with Crippen molar-refractivity contribution in [3.63, 3.8) is 0 Å². The second-order valence-electron chi connectivity index (χ2n) is 5.35. The minimum atomic E-state index is -0.865. The van der Waals surface area contributed by atoms with Crippen molar-refractivity contribution in [1.82, 2.24) is 0 Å². The number of benzene rings is 2. The number of nitrogens with zero attached hydrogens (tertiary/aromatic N) is 2. The summed E-state index contributed by atoms with van der Waals surface area (Å²) in [6.45, 7) is 1.51. The van der Waals surface area contributed by atoms with E-state index < -0.39 is 6.29 Å². The van der Waals surface area contributed by atoms with Gasteiger partial charge in [0.25, 0.3) is 5.91 Å². The molecule has 7 nitrogen and oxygen atoms in total. The molecule has 3 rings (SSSR count). The Balaban J connectivity index is 0.000000181. The summed E-state index contributed by atoms with van der Waals surface area (Å²) in [5.74, 6) is 0.225. The van der Waals surface area contributed by atoms with E-state index in [1.54, 1.807) is 18.2 Å². The maximum Gasteiger partial charge on any atom is 0.293 e. The Morgan fingerprint density at radius 2 is 1.88 bits per heavy atom. The van der Waals surface area contributed by atoms with Gasteiger partial charge in [-0.1, -0.05) is 30.3 Å². The lowest BCUT2D eigenvalue weighted by atomic mass is 10.1. The molecule has 25 heavy (non-hydrogen) atoms. The van der Waals surface area contributed by atoms with Crippen LogP contribution in [0.3, 0.4) is 0 Å². The van der Waals surface area contributed by atoms with Crippen molar-refractivity contribution in [3.05, 3.63) is 65.9 Å². The number of amides is 1. The predicted molar refractivity (Wildman–Crippen MR) is 95.7 cm³/mol. The summed E-state index contributed by atoms with van der Waals surface area (Å²) in [6.07, 6.45) is 1.28. The van der Waals surface area contributed by atoms with E-state index in [1.165, 1.54) is 13.1 Å². The summed E-state index contributed by atoms with van der Waals surface area (Å²) in [4.78, 5) is 11.0. The number of carbonyl (C=O) groups excluding carboxylic acids is 1. The van der Waals surface area contributed by atoms with E-state index in [-0.39, 0.29) is 5.91 Å². The number of nitrogens with two attached hydrogens (primary N) is 2. The minimum Gasteiger partial charge on any atom is -0.463 e. The third-order valence-corrected chi connectivity index (χ3v) is 3.21. The quantitative estimate of drug-likeness (QED) is 0.583. The van der Waals surface area contributed by atoms with E-state index in [9.17, 15) is 4.79 Å². The van der Waals surface area contributed by atoms with Crippen LogP contribution in [-0.2, 0) is 11.2 Å². The van der Waals surface area contributed by atoms with Crippen LogP contribution in [0.15, 0.2) is 70.5 Å². The lowest BCUT2D eigenvalue weighted by Crippen LogP contribution is -2.10. The van der Waals surface area contributed by atoms with Gasteiger partial charge in [-0.2, -0.15) is 5.11 Å².